The van der Waals surface area contributed by atoms with Crippen LogP contribution in [-0.4, -0.2) is 23.3 Å². The van der Waals surface area contributed by atoms with Gasteiger partial charge in [-0.1, -0.05) is 19.1 Å². The Hall–Kier alpha value is -2.43. The number of hydrogen-bond acceptors (Lipinski definition) is 4. The molecule has 0 saturated carbocycles. The number of anilines is 1. The molecule has 0 radical (unpaired) electrons. The van der Waals surface area contributed by atoms with Crippen LogP contribution >= 0.6 is 0 Å². The predicted octanol–water partition coefficient (Wildman–Crippen LogP) is 3.31. The smallest absolute Gasteiger partial charge is 0.153 e. The van der Waals surface area contributed by atoms with Gasteiger partial charge in [-0.3, -0.25) is 0 Å². The zero-order chi connectivity index (χ0) is 15.9. The van der Waals surface area contributed by atoms with Crippen LogP contribution in [0.2, 0.25) is 0 Å². The van der Waals surface area contributed by atoms with Crippen molar-refractivity contribution in [1.29, 1.82) is 0 Å². The molecule has 0 aliphatic rings. The van der Waals surface area contributed by atoms with Crippen molar-refractivity contribution in [3.63, 3.8) is 0 Å². The van der Waals surface area contributed by atoms with E-state index < -0.39 is 0 Å². The average molecular weight is 301 g/mol. The molecule has 0 aliphatic carbocycles. The Morgan fingerprint density at radius 1 is 1.27 bits per heavy atom. The Kier molecular flexibility index (Phi) is 5.47. The van der Waals surface area contributed by atoms with Gasteiger partial charge in [0.25, 0.3) is 0 Å². The Balaban J connectivity index is 2.29. The second kappa shape index (κ2) is 7.54. The van der Waals surface area contributed by atoms with Crippen LogP contribution in [0.4, 0.5) is 5.82 Å². The first-order valence-corrected chi connectivity index (χ1v) is 7.46. The van der Waals surface area contributed by atoms with Crippen molar-refractivity contribution < 1.29 is 9.47 Å². The summed E-state index contributed by atoms with van der Waals surface area (Å²) < 4.78 is 12.9. The molecule has 1 aromatic heterocycles. The van der Waals surface area contributed by atoms with Gasteiger partial charge in [-0.15, -0.1) is 0 Å². The number of nitrogens with zero attached hydrogens (tertiary/aromatic N) is 2. The third-order valence-electron chi connectivity index (χ3n) is 3.30. The third kappa shape index (κ3) is 3.61. The third-order valence-corrected chi connectivity index (χ3v) is 3.30. The molecule has 2 aromatic rings. The fourth-order valence-electron chi connectivity index (χ4n) is 2.28. The van der Waals surface area contributed by atoms with E-state index in [1.165, 1.54) is 0 Å². The van der Waals surface area contributed by atoms with Crippen LogP contribution in [-0.2, 0) is 11.3 Å². The van der Waals surface area contributed by atoms with E-state index in [0.717, 1.165) is 29.2 Å². The normalized spacial score (nSPS) is 11.5. The van der Waals surface area contributed by atoms with Crippen LogP contribution in [0.5, 0.6) is 5.75 Å². The second-order valence-electron chi connectivity index (χ2n) is 4.86. The fraction of sp³-hybridized carbons (Fsp3) is 0.353. The lowest BCUT2D eigenvalue weighted by Crippen LogP contribution is -2.06. The average Bonchev–Trinajstić information content (AvgIpc) is 2.88. The molecule has 118 valence electrons. The van der Waals surface area contributed by atoms with Gasteiger partial charge >= 0.3 is 0 Å². The monoisotopic (exact) mass is 301 g/mol. The van der Waals surface area contributed by atoms with Crippen molar-refractivity contribution in [2.24, 2.45) is 0 Å². The van der Waals surface area contributed by atoms with Gasteiger partial charge in [0.2, 0.25) is 0 Å². The van der Waals surface area contributed by atoms with Crippen molar-refractivity contribution in [3.8, 4) is 5.75 Å². The van der Waals surface area contributed by atoms with Gasteiger partial charge in [0.15, 0.2) is 5.82 Å². The minimum Gasteiger partial charge on any atom is -0.497 e. The number of methoxy groups -OCH3 is 1. The van der Waals surface area contributed by atoms with Gasteiger partial charge in [-0.2, -0.15) is 0 Å². The van der Waals surface area contributed by atoms with E-state index in [-0.39, 0.29) is 0 Å². The number of imidazole rings is 1. The highest BCUT2D eigenvalue weighted by atomic mass is 16.5. The van der Waals surface area contributed by atoms with E-state index in [0.29, 0.717) is 19.0 Å². The molecule has 0 aliphatic heterocycles. The van der Waals surface area contributed by atoms with E-state index >= 15 is 0 Å². The van der Waals surface area contributed by atoms with Crippen LogP contribution in [0.1, 0.15) is 31.5 Å². The molecule has 5 nitrogen and oxygen atoms in total. The van der Waals surface area contributed by atoms with Gasteiger partial charge in [0.05, 0.1) is 20.0 Å². The molecule has 22 heavy (non-hydrogen) atoms. The van der Waals surface area contributed by atoms with Crippen molar-refractivity contribution >= 4 is 11.6 Å². The molecule has 1 aromatic carbocycles. The molecule has 0 unspecified atom stereocenters. The van der Waals surface area contributed by atoms with Crippen LogP contribution in [0.3, 0.4) is 0 Å². The summed E-state index contributed by atoms with van der Waals surface area (Å²) in [6.45, 7) is 5.31. The molecular formula is C17H23N3O2. The number of benzene rings is 1. The highest BCUT2D eigenvalue weighted by Gasteiger charge is 2.14. The Bertz CT molecular complexity index is 630. The number of nitrogen functional groups attached to an aromatic ring is 1. The minimum absolute atomic E-state index is 0.488. The molecule has 2 rings (SSSR count). The Morgan fingerprint density at radius 2 is 2.00 bits per heavy atom. The van der Waals surface area contributed by atoms with Crippen molar-refractivity contribution in [3.05, 3.63) is 47.9 Å². The topological polar surface area (TPSA) is 62.3 Å². The molecule has 0 atom stereocenters. The van der Waals surface area contributed by atoms with E-state index in [4.69, 9.17) is 15.2 Å². The second-order valence-corrected chi connectivity index (χ2v) is 4.86. The molecule has 1 heterocycles. The summed E-state index contributed by atoms with van der Waals surface area (Å²) in [5.74, 6) is 2.12. The largest absolute Gasteiger partial charge is 0.497 e. The van der Waals surface area contributed by atoms with Gasteiger partial charge in [-0.05, 0) is 37.1 Å². The summed E-state index contributed by atoms with van der Waals surface area (Å²) in [6.07, 6.45) is 4.65. The zero-order valence-corrected chi connectivity index (χ0v) is 13.4. The van der Waals surface area contributed by atoms with Crippen molar-refractivity contribution in [2.45, 2.75) is 26.8 Å². The lowest BCUT2D eigenvalue weighted by Gasteiger charge is -2.13. The first-order valence-electron chi connectivity index (χ1n) is 7.46. The maximum atomic E-state index is 6.03. The SMILES string of the molecule is CCC=C(OCC)c1c(N)ncn1Cc1ccc(OC)cc1. The minimum atomic E-state index is 0.488. The van der Waals surface area contributed by atoms with Gasteiger partial charge < -0.3 is 19.8 Å². The van der Waals surface area contributed by atoms with E-state index in [1.807, 2.05) is 41.8 Å². The van der Waals surface area contributed by atoms with Crippen LogP contribution in [0.15, 0.2) is 36.7 Å². The number of ether oxygens (including phenoxy) is 2. The molecule has 2 N–H and O–H groups in total. The lowest BCUT2D eigenvalue weighted by atomic mass is 10.2. The van der Waals surface area contributed by atoms with Crippen LogP contribution < -0.4 is 10.5 Å². The van der Waals surface area contributed by atoms with E-state index in [2.05, 4.69) is 11.9 Å². The maximum absolute atomic E-state index is 6.03. The molecule has 0 bridgehead atoms. The number of nitrogens with two attached hydrogens (primary N) is 1. The summed E-state index contributed by atoms with van der Waals surface area (Å²) in [5.41, 5.74) is 8.01. The van der Waals surface area contributed by atoms with Gasteiger partial charge in [0, 0.05) is 6.54 Å². The lowest BCUT2D eigenvalue weighted by molar-refractivity contribution is 0.294. The predicted molar refractivity (Wildman–Crippen MR) is 88.6 cm³/mol. The summed E-state index contributed by atoms with van der Waals surface area (Å²) in [4.78, 5) is 4.23. The quantitative estimate of drug-likeness (QED) is 0.797. The van der Waals surface area contributed by atoms with Crippen LogP contribution in [0.25, 0.3) is 5.76 Å². The van der Waals surface area contributed by atoms with Gasteiger partial charge in [-0.25, -0.2) is 4.98 Å². The number of rotatable bonds is 7. The summed E-state index contributed by atoms with van der Waals surface area (Å²) in [7, 11) is 1.66. The Morgan fingerprint density at radius 3 is 2.59 bits per heavy atom. The van der Waals surface area contributed by atoms with Crippen LogP contribution in [0, 0.1) is 0 Å². The maximum Gasteiger partial charge on any atom is 0.153 e. The van der Waals surface area contributed by atoms with Crippen molar-refractivity contribution in [2.75, 3.05) is 19.5 Å². The molecular weight excluding hydrogens is 278 g/mol. The van der Waals surface area contributed by atoms with E-state index in [9.17, 15) is 0 Å². The highest BCUT2D eigenvalue weighted by molar-refractivity contribution is 5.66. The van der Waals surface area contributed by atoms with Crippen molar-refractivity contribution in [1.82, 2.24) is 9.55 Å². The van der Waals surface area contributed by atoms with Gasteiger partial charge in [0.1, 0.15) is 17.2 Å². The highest BCUT2D eigenvalue weighted by Crippen LogP contribution is 2.24. The fourth-order valence-corrected chi connectivity index (χ4v) is 2.28. The molecule has 0 saturated heterocycles. The molecule has 5 heteroatoms. The molecule has 0 amide bonds. The number of aromatic nitrogens is 2. The summed E-state index contributed by atoms with van der Waals surface area (Å²) >= 11 is 0. The summed E-state index contributed by atoms with van der Waals surface area (Å²) in [5, 5.41) is 0. The standard InChI is InChI=1S/C17H23N3O2/c1-4-6-15(22-5-2)16-17(18)19-12-20(16)11-13-7-9-14(21-3)10-8-13/h6-10,12H,4-5,11,18H2,1-3H3. The summed E-state index contributed by atoms with van der Waals surface area (Å²) in [6, 6.07) is 7.95. The molecule has 0 spiro atoms. The first-order chi connectivity index (χ1) is 10.7. The Labute approximate surface area is 131 Å². The zero-order valence-electron chi connectivity index (χ0n) is 13.4. The first kappa shape index (κ1) is 15.9. The number of allylic oxidation sites excluding steroid dienone is 1. The number of hydrogen-bond donors (Lipinski definition) is 1. The molecule has 0 fully saturated rings. The van der Waals surface area contributed by atoms with E-state index in [1.54, 1.807) is 13.4 Å².